The van der Waals surface area contributed by atoms with Gasteiger partial charge in [-0.1, -0.05) is 68.5 Å². The fourth-order valence-electron chi connectivity index (χ4n) is 4.36. The van der Waals surface area contributed by atoms with Crippen molar-refractivity contribution in [3.8, 4) is 0 Å². The Morgan fingerprint density at radius 3 is 2.70 bits per heavy atom. The summed E-state index contributed by atoms with van der Waals surface area (Å²) in [5.41, 5.74) is 10.5. The first kappa shape index (κ1) is 14.7. The summed E-state index contributed by atoms with van der Waals surface area (Å²) in [6, 6.07) is 8.09. The predicted molar refractivity (Wildman–Crippen MR) is 93.7 cm³/mol. The van der Waals surface area contributed by atoms with Crippen molar-refractivity contribution in [1.29, 1.82) is 0 Å². The Bertz CT molecular complexity index is 794. The molecule has 4 rings (SSSR count). The first-order chi connectivity index (χ1) is 11.0. The molecule has 0 bridgehead atoms. The van der Waals surface area contributed by atoms with Crippen LogP contribution in [0.1, 0.15) is 37.8 Å². The third kappa shape index (κ3) is 1.89. The summed E-state index contributed by atoms with van der Waals surface area (Å²) in [5.74, 6) is 0.320. The van der Waals surface area contributed by atoms with Gasteiger partial charge in [-0.05, 0) is 35.1 Å². The molecule has 3 N–H and O–H groups in total. The van der Waals surface area contributed by atoms with Crippen LogP contribution in [0.25, 0.3) is 0 Å². The van der Waals surface area contributed by atoms with E-state index in [2.05, 4.69) is 50.3 Å². The Hall–Kier alpha value is -1.90. The zero-order valence-electron chi connectivity index (χ0n) is 13.7. The number of hydrogen-bond donors (Lipinski definition) is 2. The molecule has 1 aromatic rings. The lowest BCUT2D eigenvalue weighted by atomic mass is 9.60. The summed E-state index contributed by atoms with van der Waals surface area (Å²) in [5, 5.41) is 11.2. The smallest absolute Gasteiger partial charge is 0.162 e. The molecular weight excluding hydrogens is 282 g/mol. The summed E-state index contributed by atoms with van der Waals surface area (Å²) in [4.78, 5) is 0. The van der Waals surface area contributed by atoms with Crippen molar-refractivity contribution in [2.75, 3.05) is 0 Å². The molecule has 0 spiro atoms. The fraction of sp³-hybridized carbons (Fsp3) is 0.333. The Kier molecular flexibility index (Phi) is 3.06. The maximum Gasteiger partial charge on any atom is 0.162 e. The molecule has 3 unspecified atom stereocenters. The highest BCUT2D eigenvalue weighted by Crippen LogP contribution is 2.53. The van der Waals surface area contributed by atoms with E-state index >= 15 is 0 Å². The van der Waals surface area contributed by atoms with Gasteiger partial charge in [-0.3, -0.25) is 5.73 Å². The monoisotopic (exact) mass is 305 g/mol. The van der Waals surface area contributed by atoms with Gasteiger partial charge in [0.1, 0.15) is 0 Å². The van der Waals surface area contributed by atoms with Crippen molar-refractivity contribution in [3.63, 3.8) is 0 Å². The van der Waals surface area contributed by atoms with E-state index in [1.165, 1.54) is 11.1 Å². The van der Waals surface area contributed by atoms with Crippen LogP contribution in [0.15, 0.2) is 71.4 Å². The zero-order valence-corrected chi connectivity index (χ0v) is 13.7. The molecule has 0 aliphatic heterocycles. The van der Waals surface area contributed by atoms with Gasteiger partial charge in [0.2, 0.25) is 0 Å². The molecule has 118 valence electrons. The summed E-state index contributed by atoms with van der Waals surface area (Å²) >= 11 is 0. The molecule has 3 aliphatic rings. The SMILES string of the molecule is CCC1(C)C2=C(CC3C=CC=CC3=C2)C(N)(O)c2ccccc21. The van der Waals surface area contributed by atoms with E-state index in [1.54, 1.807) is 0 Å². The second-order valence-corrected chi connectivity index (χ2v) is 7.09. The second-order valence-electron chi connectivity index (χ2n) is 7.09. The Morgan fingerprint density at radius 2 is 1.96 bits per heavy atom. The summed E-state index contributed by atoms with van der Waals surface area (Å²) in [7, 11) is 0. The lowest BCUT2D eigenvalue weighted by Crippen LogP contribution is -2.48. The van der Waals surface area contributed by atoms with Crippen molar-refractivity contribution in [1.82, 2.24) is 0 Å². The Morgan fingerprint density at radius 1 is 1.22 bits per heavy atom. The van der Waals surface area contributed by atoms with Gasteiger partial charge in [-0.2, -0.15) is 0 Å². The van der Waals surface area contributed by atoms with Crippen LogP contribution in [0.4, 0.5) is 0 Å². The van der Waals surface area contributed by atoms with Crippen LogP contribution in [0, 0.1) is 5.92 Å². The van der Waals surface area contributed by atoms with Gasteiger partial charge in [0.05, 0.1) is 0 Å². The minimum absolute atomic E-state index is 0.107. The lowest BCUT2D eigenvalue weighted by molar-refractivity contribution is 0.0694. The van der Waals surface area contributed by atoms with Gasteiger partial charge in [-0.25, -0.2) is 0 Å². The maximum atomic E-state index is 11.2. The molecule has 2 nitrogen and oxygen atoms in total. The molecule has 0 saturated heterocycles. The van der Waals surface area contributed by atoms with Crippen LogP contribution >= 0.6 is 0 Å². The predicted octanol–water partition coefficient (Wildman–Crippen LogP) is 3.84. The summed E-state index contributed by atoms with van der Waals surface area (Å²) < 4.78 is 0. The molecule has 0 aromatic heterocycles. The molecule has 0 fully saturated rings. The van der Waals surface area contributed by atoms with E-state index in [-0.39, 0.29) is 5.41 Å². The highest BCUT2D eigenvalue weighted by Gasteiger charge is 2.47. The average Bonchev–Trinajstić information content (AvgIpc) is 2.59. The molecule has 0 radical (unpaired) electrons. The van der Waals surface area contributed by atoms with Gasteiger partial charge < -0.3 is 5.11 Å². The first-order valence-electron chi connectivity index (χ1n) is 8.40. The summed E-state index contributed by atoms with van der Waals surface area (Å²) in [6.45, 7) is 4.49. The molecule has 0 amide bonds. The third-order valence-electron chi connectivity index (χ3n) is 5.93. The molecule has 1 aromatic carbocycles. The number of benzene rings is 1. The van der Waals surface area contributed by atoms with E-state index in [4.69, 9.17) is 5.73 Å². The van der Waals surface area contributed by atoms with E-state index in [1.807, 2.05) is 18.2 Å². The van der Waals surface area contributed by atoms with E-state index < -0.39 is 5.72 Å². The summed E-state index contributed by atoms with van der Waals surface area (Å²) in [6.07, 6.45) is 12.6. The molecule has 3 aliphatic carbocycles. The molecule has 23 heavy (non-hydrogen) atoms. The van der Waals surface area contributed by atoms with E-state index in [0.717, 1.165) is 29.5 Å². The second kappa shape index (κ2) is 4.80. The van der Waals surface area contributed by atoms with Crippen molar-refractivity contribution in [3.05, 3.63) is 82.5 Å². The molecule has 3 atom stereocenters. The van der Waals surface area contributed by atoms with Crippen molar-refractivity contribution in [2.24, 2.45) is 11.7 Å². The lowest BCUT2D eigenvalue weighted by Gasteiger charge is -2.47. The number of fused-ring (bicyclic) bond motifs is 2. The van der Waals surface area contributed by atoms with Crippen molar-refractivity contribution < 1.29 is 5.11 Å². The number of allylic oxidation sites excluding steroid dienone is 7. The van der Waals surface area contributed by atoms with E-state index in [0.29, 0.717) is 5.92 Å². The maximum absolute atomic E-state index is 11.2. The van der Waals surface area contributed by atoms with Gasteiger partial charge in [0, 0.05) is 16.9 Å². The Labute approximate surface area is 137 Å². The highest BCUT2D eigenvalue weighted by molar-refractivity contribution is 5.60. The van der Waals surface area contributed by atoms with Gasteiger partial charge in [0.25, 0.3) is 0 Å². The van der Waals surface area contributed by atoms with Crippen molar-refractivity contribution in [2.45, 2.75) is 37.8 Å². The number of hydrogen-bond acceptors (Lipinski definition) is 2. The fourth-order valence-corrected chi connectivity index (χ4v) is 4.36. The standard InChI is InChI=1S/C21H23NO/c1-3-20(2)16-10-6-7-11-17(16)21(22,23)19-13-15-9-5-4-8-14(15)12-18(19)20/h4-12,15,23H,3,13,22H2,1-2H3. The molecule has 0 saturated carbocycles. The van der Waals surface area contributed by atoms with Crippen LogP contribution in [0.5, 0.6) is 0 Å². The van der Waals surface area contributed by atoms with Gasteiger partial charge in [0.15, 0.2) is 5.72 Å². The quantitative estimate of drug-likeness (QED) is 0.774. The van der Waals surface area contributed by atoms with Gasteiger partial charge in [-0.15, -0.1) is 0 Å². The zero-order chi connectivity index (χ0) is 16.2. The van der Waals surface area contributed by atoms with Crippen LogP contribution in [-0.2, 0) is 11.1 Å². The van der Waals surface area contributed by atoms with Gasteiger partial charge >= 0.3 is 0 Å². The number of nitrogens with two attached hydrogens (primary N) is 1. The first-order valence-corrected chi connectivity index (χ1v) is 8.40. The van der Waals surface area contributed by atoms with Crippen LogP contribution in [-0.4, -0.2) is 5.11 Å². The molecule has 0 heterocycles. The molecule has 2 heteroatoms. The third-order valence-corrected chi connectivity index (χ3v) is 5.93. The molecular formula is C21H23NO. The van der Waals surface area contributed by atoms with E-state index in [9.17, 15) is 5.11 Å². The van der Waals surface area contributed by atoms with Crippen LogP contribution in [0.2, 0.25) is 0 Å². The number of rotatable bonds is 1. The van der Waals surface area contributed by atoms with Crippen LogP contribution < -0.4 is 5.73 Å². The van der Waals surface area contributed by atoms with Crippen molar-refractivity contribution >= 4 is 0 Å². The largest absolute Gasteiger partial charge is 0.368 e. The normalized spacial score (nSPS) is 34.6. The van der Waals surface area contributed by atoms with Crippen LogP contribution in [0.3, 0.4) is 0 Å². The number of aliphatic hydroxyl groups is 1. The topological polar surface area (TPSA) is 46.2 Å². The highest BCUT2D eigenvalue weighted by atomic mass is 16.3. The minimum Gasteiger partial charge on any atom is -0.368 e. The Balaban J connectivity index is 2.00. The minimum atomic E-state index is -1.38. The average molecular weight is 305 g/mol.